The van der Waals surface area contributed by atoms with Gasteiger partial charge in [0.15, 0.2) is 0 Å². The molecule has 0 N–H and O–H groups in total. The molecule has 1 fully saturated rings. The van der Waals surface area contributed by atoms with Crippen molar-refractivity contribution >= 4 is 23.0 Å². The van der Waals surface area contributed by atoms with E-state index in [0.29, 0.717) is 17.3 Å². The van der Waals surface area contributed by atoms with Gasteiger partial charge in [0.25, 0.3) is 11.2 Å². The molecular weight excluding hydrogens is 392 g/mol. The van der Waals surface area contributed by atoms with E-state index in [1.165, 1.54) is 29.8 Å². The summed E-state index contributed by atoms with van der Waals surface area (Å²) in [5.41, 5.74) is 1.90. The molecule has 4 rings (SSSR count). The Balaban J connectivity index is 1.53. The number of anilines is 1. The predicted octanol–water partition coefficient (Wildman–Crippen LogP) is 4.18. The van der Waals surface area contributed by atoms with Gasteiger partial charge in [-0.25, -0.2) is 0 Å². The van der Waals surface area contributed by atoms with Gasteiger partial charge in [0.1, 0.15) is 5.02 Å². The molecule has 0 bridgehead atoms. The highest BCUT2D eigenvalue weighted by Gasteiger charge is 2.24. The maximum Gasteiger partial charge on any atom is 0.292 e. The topological polar surface area (TPSA) is 81.3 Å². The van der Waals surface area contributed by atoms with E-state index in [4.69, 9.17) is 11.6 Å². The highest BCUT2D eigenvalue weighted by Crippen LogP contribution is 2.32. The van der Waals surface area contributed by atoms with Gasteiger partial charge in [0.05, 0.1) is 22.5 Å². The van der Waals surface area contributed by atoms with Crippen LogP contribution >= 0.6 is 11.6 Å². The molecule has 2 aromatic carbocycles. The van der Waals surface area contributed by atoms with Crippen LogP contribution < -0.4 is 10.5 Å². The lowest BCUT2D eigenvalue weighted by atomic mass is 9.89. The summed E-state index contributed by atoms with van der Waals surface area (Å²) in [5, 5.41) is 15.2. The Labute approximate surface area is 172 Å². The SMILES string of the molecule is O=c1c(Cl)c(N2CCC(c3ccccc3)CC2)cnn1-c1ccc([N+](=O)[O-])cc1. The maximum atomic E-state index is 12.7. The summed E-state index contributed by atoms with van der Waals surface area (Å²) in [6, 6.07) is 16.1. The molecule has 1 aromatic heterocycles. The first kappa shape index (κ1) is 19.1. The van der Waals surface area contributed by atoms with Crippen LogP contribution in [0.25, 0.3) is 5.69 Å². The average Bonchev–Trinajstić information content (AvgIpc) is 2.76. The Morgan fingerprint density at radius 1 is 1.03 bits per heavy atom. The van der Waals surface area contributed by atoms with Crippen molar-refractivity contribution in [3.8, 4) is 5.69 Å². The average molecular weight is 411 g/mol. The monoisotopic (exact) mass is 410 g/mol. The lowest BCUT2D eigenvalue weighted by molar-refractivity contribution is -0.384. The van der Waals surface area contributed by atoms with E-state index in [2.05, 4.69) is 34.3 Å². The number of piperidine rings is 1. The minimum atomic E-state index is -0.491. The molecule has 148 valence electrons. The lowest BCUT2D eigenvalue weighted by Gasteiger charge is -2.34. The van der Waals surface area contributed by atoms with Crippen LogP contribution in [0, 0.1) is 10.1 Å². The molecule has 1 saturated heterocycles. The van der Waals surface area contributed by atoms with Crippen LogP contribution in [0.4, 0.5) is 11.4 Å². The Kier molecular flexibility index (Phi) is 5.31. The van der Waals surface area contributed by atoms with Crippen LogP contribution in [-0.2, 0) is 0 Å². The molecule has 0 radical (unpaired) electrons. The molecule has 1 aliphatic heterocycles. The molecule has 29 heavy (non-hydrogen) atoms. The van der Waals surface area contributed by atoms with Crippen molar-refractivity contribution in [3.63, 3.8) is 0 Å². The van der Waals surface area contributed by atoms with E-state index in [1.54, 1.807) is 6.20 Å². The summed E-state index contributed by atoms with van der Waals surface area (Å²) in [7, 11) is 0. The first-order valence-electron chi connectivity index (χ1n) is 9.37. The predicted molar refractivity (Wildman–Crippen MR) is 112 cm³/mol. The number of nitro groups is 1. The Morgan fingerprint density at radius 2 is 1.69 bits per heavy atom. The normalized spacial score (nSPS) is 14.7. The quantitative estimate of drug-likeness (QED) is 0.476. The van der Waals surface area contributed by atoms with Crippen molar-refractivity contribution < 1.29 is 4.92 Å². The van der Waals surface area contributed by atoms with E-state index < -0.39 is 10.5 Å². The Hall–Kier alpha value is -3.19. The third-order valence-electron chi connectivity index (χ3n) is 5.31. The molecule has 0 saturated carbocycles. The van der Waals surface area contributed by atoms with Gasteiger partial charge in [0.2, 0.25) is 0 Å². The van der Waals surface area contributed by atoms with Gasteiger partial charge >= 0.3 is 0 Å². The fraction of sp³-hybridized carbons (Fsp3) is 0.238. The fourth-order valence-corrected chi connectivity index (χ4v) is 3.97. The van der Waals surface area contributed by atoms with E-state index in [9.17, 15) is 14.9 Å². The van der Waals surface area contributed by atoms with Crippen LogP contribution in [-0.4, -0.2) is 27.8 Å². The molecule has 1 aliphatic rings. The zero-order chi connectivity index (χ0) is 20.4. The number of benzene rings is 2. The zero-order valence-corrected chi connectivity index (χ0v) is 16.3. The van der Waals surface area contributed by atoms with E-state index in [1.807, 2.05) is 6.07 Å². The van der Waals surface area contributed by atoms with Crippen LogP contribution in [0.1, 0.15) is 24.3 Å². The Morgan fingerprint density at radius 3 is 2.31 bits per heavy atom. The largest absolute Gasteiger partial charge is 0.369 e. The van der Waals surface area contributed by atoms with Crippen molar-refractivity contribution in [2.24, 2.45) is 0 Å². The van der Waals surface area contributed by atoms with Crippen molar-refractivity contribution in [3.05, 3.63) is 91.8 Å². The third-order valence-corrected chi connectivity index (χ3v) is 5.67. The van der Waals surface area contributed by atoms with Gasteiger partial charge in [-0.15, -0.1) is 0 Å². The first-order chi connectivity index (χ1) is 14.0. The van der Waals surface area contributed by atoms with Gasteiger partial charge in [-0.05, 0) is 36.5 Å². The molecular formula is C21H19ClN4O3. The number of hydrogen-bond donors (Lipinski definition) is 0. The minimum Gasteiger partial charge on any atom is -0.369 e. The second-order valence-electron chi connectivity index (χ2n) is 7.01. The van der Waals surface area contributed by atoms with Gasteiger partial charge < -0.3 is 4.90 Å². The summed E-state index contributed by atoms with van der Waals surface area (Å²) < 4.78 is 1.16. The summed E-state index contributed by atoms with van der Waals surface area (Å²) >= 11 is 6.39. The molecule has 0 spiro atoms. The van der Waals surface area contributed by atoms with E-state index in [0.717, 1.165) is 30.6 Å². The molecule has 3 aromatic rings. The van der Waals surface area contributed by atoms with Crippen LogP contribution in [0.15, 0.2) is 65.6 Å². The summed E-state index contributed by atoms with van der Waals surface area (Å²) in [6.07, 6.45) is 3.55. The molecule has 0 atom stereocenters. The van der Waals surface area contributed by atoms with Gasteiger partial charge in [0, 0.05) is 25.2 Å². The van der Waals surface area contributed by atoms with Crippen LogP contribution in [0.5, 0.6) is 0 Å². The third kappa shape index (κ3) is 3.86. The van der Waals surface area contributed by atoms with Gasteiger partial charge in [-0.3, -0.25) is 14.9 Å². The summed E-state index contributed by atoms with van der Waals surface area (Å²) in [4.78, 5) is 25.1. The molecule has 0 unspecified atom stereocenters. The van der Waals surface area contributed by atoms with Crippen molar-refractivity contribution in [2.75, 3.05) is 18.0 Å². The van der Waals surface area contributed by atoms with Crippen molar-refractivity contribution in [1.82, 2.24) is 9.78 Å². The summed E-state index contributed by atoms with van der Waals surface area (Å²) in [5.74, 6) is 0.500. The zero-order valence-electron chi connectivity index (χ0n) is 15.6. The molecule has 7 nitrogen and oxygen atoms in total. The molecule has 0 aliphatic carbocycles. The van der Waals surface area contributed by atoms with Crippen molar-refractivity contribution in [2.45, 2.75) is 18.8 Å². The number of non-ortho nitro benzene ring substituents is 1. The second kappa shape index (κ2) is 8.05. The van der Waals surface area contributed by atoms with E-state index in [-0.39, 0.29) is 10.7 Å². The summed E-state index contributed by atoms with van der Waals surface area (Å²) in [6.45, 7) is 1.59. The fourth-order valence-electron chi connectivity index (χ4n) is 3.72. The highest BCUT2D eigenvalue weighted by atomic mass is 35.5. The number of rotatable bonds is 4. The standard InChI is InChI=1S/C21H19ClN4O3/c22-20-19(24-12-10-16(11-13-24)15-4-2-1-3-5-15)14-23-25(21(20)27)17-6-8-18(9-7-17)26(28)29/h1-9,14,16H,10-13H2. The van der Waals surface area contributed by atoms with Gasteiger partial charge in [-0.1, -0.05) is 41.9 Å². The van der Waals surface area contributed by atoms with Crippen LogP contribution in [0.3, 0.4) is 0 Å². The maximum absolute atomic E-state index is 12.7. The number of aromatic nitrogens is 2. The smallest absolute Gasteiger partial charge is 0.292 e. The first-order valence-corrected chi connectivity index (χ1v) is 9.75. The number of nitro benzene ring substituents is 1. The number of halogens is 1. The highest BCUT2D eigenvalue weighted by molar-refractivity contribution is 6.33. The number of nitrogens with zero attached hydrogens (tertiary/aromatic N) is 4. The molecule has 2 heterocycles. The van der Waals surface area contributed by atoms with E-state index >= 15 is 0 Å². The lowest BCUT2D eigenvalue weighted by Crippen LogP contribution is -2.35. The molecule has 0 amide bonds. The second-order valence-corrected chi connectivity index (χ2v) is 7.38. The van der Waals surface area contributed by atoms with Gasteiger partial charge in [-0.2, -0.15) is 9.78 Å². The van der Waals surface area contributed by atoms with Crippen LogP contribution in [0.2, 0.25) is 5.02 Å². The Bertz CT molecular complexity index is 1080. The number of hydrogen-bond acceptors (Lipinski definition) is 5. The van der Waals surface area contributed by atoms with Crippen molar-refractivity contribution in [1.29, 1.82) is 0 Å². The molecule has 8 heteroatoms. The minimum absolute atomic E-state index is 0.0502.